The molecule has 8 heteroatoms. The molecule has 1 saturated heterocycles. The number of amides is 1. The van der Waals surface area contributed by atoms with E-state index in [-0.39, 0.29) is 42.9 Å². The fourth-order valence-corrected chi connectivity index (χ4v) is 3.65. The van der Waals surface area contributed by atoms with Gasteiger partial charge in [0, 0.05) is 13.0 Å². The molecule has 1 aliphatic rings. The van der Waals surface area contributed by atoms with Gasteiger partial charge in [0.1, 0.15) is 6.61 Å². The minimum atomic E-state index is -2.95. The zero-order valence-electron chi connectivity index (χ0n) is 9.92. The second-order valence-electron chi connectivity index (χ2n) is 4.27. The molecule has 1 heterocycles. The van der Waals surface area contributed by atoms with E-state index in [4.69, 9.17) is 9.84 Å². The topological polar surface area (TPSA) is 110 Å². The van der Waals surface area contributed by atoms with Gasteiger partial charge < -0.3 is 15.2 Å². The van der Waals surface area contributed by atoms with E-state index in [1.54, 1.807) is 0 Å². The molecule has 2 N–H and O–H groups in total. The lowest BCUT2D eigenvalue weighted by Crippen LogP contribution is -2.29. The number of hydrogen-bond donors (Lipinski definition) is 2. The van der Waals surface area contributed by atoms with Gasteiger partial charge in [-0.25, -0.2) is 13.2 Å². The van der Waals surface area contributed by atoms with Gasteiger partial charge in [0.2, 0.25) is 5.91 Å². The summed E-state index contributed by atoms with van der Waals surface area (Å²) in [5.41, 5.74) is 0. The first-order valence-corrected chi connectivity index (χ1v) is 7.48. The zero-order chi connectivity index (χ0) is 13.6. The average Bonchev–Trinajstić information content (AvgIpc) is 2.57. The predicted molar refractivity (Wildman–Crippen MR) is 62.8 cm³/mol. The van der Waals surface area contributed by atoms with Crippen molar-refractivity contribution in [3.8, 4) is 0 Å². The Hall–Kier alpha value is -1.15. The van der Waals surface area contributed by atoms with Gasteiger partial charge in [-0.1, -0.05) is 0 Å². The van der Waals surface area contributed by atoms with E-state index in [0.717, 1.165) is 0 Å². The van der Waals surface area contributed by atoms with E-state index in [0.29, 0.717) is 6.42 Å². The lowest BCUT2D eigenvalue weighted by atomic mass is 10.1. The molecule has 1 unspecified atom stereocenters. The smallest absolute Gasteiger partial charge is 0.329 e. The predicted octanol–water partition coefficient (Wildman–Crippen LogP) is -0.971. The minimum Gasteiger partial charge on any atom is -0.480 e. The van der Waals surface area contributed by atoms with Crippen LogP contribution in [-0.4, -0.2) is 56.7 Å². The molecule has 1 fully saturated rings. The highest BCUT2D eigenvalue weighted by atomic mass is 32.2. The monoisotopic (exact) mass is 279 g/mol. The van der Waals surface area contributed by atoms with Crippen molar-refractivity contribution in [2.75, 3.05) is 31.3 Å². The number of sulfone groups is 1. The van der Waals surface area contributed by atoms with Crippen LogP contribution in [0.1, 0.15) is 12.8 Å². The van der Waals surface area contributed by atoms with Gasteiger partial charge >= 0.3 is 5.97 Å². The van der Waals surface area contributed by atoms with Crippen molar-refractivity contribution in [1.82, 2.24) is 5.32 Å². The van der Waals surface area contributed by atoms with Crippen LogP contribution in [0.4, 0.5) is 0 Å². The van der Waals surface area contributed by atoms with Gasteiger partial charge in [-0.3, -0.25) is 4.79 Å². The zero-order valence-corrected chi connectivity index (χ0v) is 10.7. The first-order chi connectivity index (χ1) is 8.39. The number of rotatable bonds is 7. The molecule has 0 spiro atoms. The van der Waals surface area contributed by atoms with Gasteiger partial charge in [-0.15, -0.1) is 0 Å². The summed E-state index contributed by atoms with van der Waals surface area (Å²) in [7, 11) is -2.95. The fraction of sp³-hybridized carbons (Fsp3) is 0.800. The van der Waals surface area contributed by atoms with Crippen LogP contribution in [0.5, 0.6) is 0 Å². The number of carboxylic acids is 1. The van der Waals surface area contributed by atoms with Crippen LogP contribution in [-0.2, 0) is 24.2 Å². The molecule has 1 rings (SSSR count). The third-order valence-corrected chi connectivity index (χ3v) is 4.43. The van der Waals surface area contributed by atoms with Crippen molar-refractivity contribution in [3.05, 3.63) is 0 Å². The lowest BCUT2D eigenvalue weighted by Gasteiger charge is -2.08. The van der Waals surface area contributed by atoms with Crippen molar-refractivity contribution in [2.24, 2.45) is 5.92 Å². The maximum absolute atomic E-state index is 11.4. The Kier molecular flexibility index (Phi) is 5.54. The lowest BCUT2D eigenvalue weighted by molar-refractivity contribution is -0.142. The number of nitrogens with one attached hydrogen (secondary N) is 1. The second kappa shape index (κ2) is 6.69. The third kappa shape index (κ3) is 5.97. The number of aliphatic carboxylic acids is 1. The molecule has 0 radical (unpaired) electrons. The Labute approximate surface area is 105 Å². The number of carbonyl (C=O) groups is 2. The Balaban J connectivity index is 2.09. The molecular formula is C10H17NO6S. The van der Waals surface area contributed by atoms with Crippen LogP contribution in [0.2, 0.25) is 0 Å². The Morgan fingerprint density at radius 1 is 1.39 bits per heavy atom. The quantitative estimate of drug-likeness (QED) is 0.580. The number of carbonyl (C=O) groups excluding carboxylic acids is 1. The van der Waals surface area contributed by atoms with Crippen LogP contribution >= 0.6 is 0 Å². The maximum atomic E-state index is 11.4. The molecule has 0 aliphatic carbocycles. The maximum Gasteiger partial charge on any atom is 0.329 e. The van der Waals surface area contributed by atoms with E-state index in [2.05, 4.69) is 5.32 Å². The highest BCUT2D eigenvalue weighted by Crippen LogP contribution is 2.21. The molecule has 1 atom stereocenters. The van der Waals surface area contributed by atoms with Crippen molar-refractivity contribution >= 4 is 21.7 Å². The summed E-state index contributed by atoms with van der Waals surface area (Å²) in [6.07, 6.45) is 0.726. The summed E-state index contributed by atoms with van der Waals surface area (Å²) in [6, 6.07) is 0. The van der Waals surface area contributed by atoms with E-state index >= 15 is 0 Å². The van der Waals surface area contributed by atoms with Gasteiger partial charge in [0.05, 0.1) is 18.1 Å². The molecular weight excluding hydrogens is 262 g/mol. The molecule has 1 amide bonds. The van der Waals surface area contributed by atoms with E-state index < -0.39 is 22.4 Å². The minimum absolute atomic E-state index is 0.0793. The van der Waals surface area contributed by atoms with Crippen LogP contribution in [0.3, 0.4) is 0 Å². The first-order valence-electron chi connectivity index (χ1n) is 5.66. The van der Waals surface area contributed by atoms with Crippen LogP contribution in [0.25, 0.3) is 0 Å². The summed E-state index contributed by atoms with van der Waals surface area (Å²) in [5.74, 6) is -1.15. The fourth-order valence-electron chi connectivity index (χ4n) is 1.79. The van der Waals surface area contributed by atoms with Crippen molar-refractivity contribution < 1.29 is 27.9 Å². The SMILES string of the molecule is O=C(O)COCCNC(=O)CC1CCS(=O)(=O)C1. The molecule has 1 aliphatic heterocycles. The second-order valence-corrected chi connectivity index (χ2v) is 6.50. The third-order valence-electron chi connectivity index (χ3n) is 2.59. The summed E-state index contributed by atoms with van der Waals surface area (Å²) in [5, 5.41) is 10.9. The van der Waals surface area contributed by atoms with Gasteiger partial charge in [-0.05, 0) is 12.3 Å². The van der Waals surface area contributed by atoms with Crippen molar-refractivity contribution in [2.45, 2.75) is 12.8 Å². The molecule has 0 aromatic rings. The van der Waals surface area contributed by atoms with E-state index in [9.17, 15) is 18.0 Å². The van der Waals surface area contributed by atoms with Gasteiger partial charge in [0.25, 0.3) is 0 Å². The largest absolute Gasteiger partial charge is 0.480 e. The van der Waals surface area contributed by atoms with Crippen LogP contribution in [0, 0.1) is 5.92 Å². The van der Waals surface area contributed by atoms with Crippen LogP contribution in [0.15, 0.2) is 0 Å². The molecule has 0 bridgehead atoms. The summed E-state index contributed by atoms with van der Waals surface area (Å²) >= 11 is 0. The highest BCUT2D eigenvalue weighted by molar-refractivity contribution is 7.91. The summed E-state index contributed by atoms with van der Waals surface area (Å²) in [6.45, 7) is -0.0384. The summed E-state index contributed by atoms with van der Waals surface area (Å²) in [4.78, 5) is 21.5. The normalized spacial score (nSPS) is 21.7. The first kappa shape index (κ1) is 14.9. The molecule has 18 heavy (non-hydrogen) atoms. The molecule has 0 saturated carbocycles. The number of hydrogen-bond acceptors (Lipinski definition) is 5. The highest BCUT2D eigenvalue weighted by Gasteiger charge is 2.29. The number of ether oxygens (including phenoxy) is 1. The molecule has 104 valence electrons. The van der Waals surface area contributed by atoms with Crippen molar-refractivity contribution in [1.29, 1.82) is 0 Å². The summed E-state index contributed by atoms with van der Waals surface area (Å²) < 4.78 is 27.1. The van der Waals surface area contributed by atoms with E-state index in [1.165, 1.54) is 0 Å². The Morgan fingerprint density at radius 3 is 2.67 bits per heavy atom. The Bertz CT molecular complexity index is 405. The standard InChI is InChI=1S/C10H17NO6S/c12-9(11-2-3-17-6-10(13)14)5-8-1-4-18(15,16)7-8/h8H,1-7H2,(H,11,12)(H,13,14). The Morgan fingerprint density at radius 2 is 2.11 bits per heavy atom. The van der Waals surface area contributed by atoms with Crippen LogP contribution < -0.4 is 5.32 Å². The molecule has 0 aromatic carbocycles. The average molecular weight is 279 g/mol. The molecule has 0 aromatic heterocycles. The van der Waals surface area contributed by atoms with Gasteiger partial charge in [0.15, 0.2) is 9.84 Å². The van der Waals surface area contributed by atoms with E-state index in [1.807, 2.05) is 0 Å². The van der Waals surface area contributed by atoms with Gasteiger partial charge in [-0.2, -0.15) is 0 Å². The number of carboxylic acid groups (broad SMARTS) is 1. The van der Waals surface area contributed by atoms with Crippen molar-refractivity contribution in [3.63, 3.8) is 0 Å². The molecule has 7 nitrogen and oxygen atoms in total.